The molecule has 2 atom stereocenters. The van der Waals surface area contributed by atoms with Crippen LogP contribution in [0.4, 0.5) is 0 Å². The third-order valence-electron chi connectivity index (χ3n) is 10.9. The minimum absolute atomic E-state index is 0. The van der Waals surface area contributed by atoms with E-state index in [4.69, 9.17) is 0 Å². The molecule has 0 N–H and O–H groups in total. The zero-order valence-corrected chi connectivity index (χ0v) is 32.0. The van der Waals surface area contributed by atoms with Gasteiger partial charge in [0.25, 0.3) is 0 Å². The predicted molar refractivity (Wildman–Crippen MR) is 195 cm³/mol. The average molecular weight is 705 g/mol. The molecule has 2 aliphatic carbocycles. The van der Waals surface area contributed by atoms with E-state index in [-0.39, 0.29) is 24.8 Å². The molecule has 4 aromatic rings. The first-order valence-corrected chi connectivity index (χ1v) is 27.8. The maximum atomic E-state index is 2.61. The molecule has 0 bridgehead atoms. The van der Waals surface area contributed by atoms with Crippen LogP contribution in [0, 0.1) is 13.8 Å². The van der Waals surface area contributed by atoms with Gasteiger partial charge in [0.2, 0.25) is 0 Å². The summed E-state index contributed by atoms with van der Waals surface area (Å²) in [5.74, 6) is 0. The molecule has 0 aliphatic heterocycles. The van der Waals surface area contributed by atoms with Gasteiger partial charge in [-0.1, -0.05) is 0 Å². The molecule has 2 unspecified atom stereocenters. The molecule has 0 fully saturated rings. The summed E-state index contributed by atoms with van der Waals surface area (Å²) in [5.41, 5.74) is 17.5. The fourth-order valence-corrected chi connectivity index (χ4v) is 32.4. The molecule has 2 aliphatic rings. The average Bonchev–Trinajstić information content (AvgIpc) is 3.56. The van der Waals surface area contributed by atoms with E-state index in [9.17, 15) is 0 Å². The Balaban J connectivity index is 0.00000212. The number of aryl methyl sites for hydroxylation is 2. The van der Waals surface area contributed by atoms with Gasteiger partial charge in [0.1, 0.15) is 0 Å². The van der Waals surface area contributed by atoms with Crippen molar-refractivity contribution in [3.63, 3.8) is 0 Å². The fourth-order valence-electron chi connectivity index (χ4n) is 8.48. The molecule has 4 heteroatoms. The van der Waals surface area contributed by atoms with Crippen LogP contribution in [-0.4, -0.2) is 6.88 Å². The molecular formula is C39H46Cl2SiZr. The Morgan fingerprint density at radius 3 is 1.47 bits per heavy atom. The Hall–Kier alpha value is -1.96. The van der Waals surface area contributed by atoms with Crippen LogP contribution in [0.15, 0.2) is 96.1 Å². The Morgan fingerprint density at radius 2 is 1.02 bits per heavy atom. The van der Waals surface area contributed by atoms with E-state index in [1.165, 1.54) is 52.8 Å². The van der Waals surface area contributed by atoms with Crippen molar-refractivity contribution < 1.29 is 17.4 Å². The number of hydrogen-bond donors (Lipinski definition) is 0. The normalized spacial score (nSPS) is 17.3. The summed E-state index contributed by atoms with van der Waals surface area (Å²) < 4.78 is 3.81. The number of benzene rings is 4. The van der Waals surface area contributed by atoms with Gasteiger partial charge in [-0.2, -0.15) is 0 Å². The van der Waals surface area contributed by atoms with Crippen molar-refractivity contribution in [3.05, 3.63) is 129 Å². The second kappa shape index (κ2) is 12.8. The summed E-state index contributed by atoms with van der Waals surface area (Å²) in [6.07, 6.45) is 6.30. The van der Waals surface area contributed by atoms with E-state index in [1.54, 1.807) is 22.3 Å². The van der Waals surface area contributed by atoms with Gasteiger partial charge in [0, 0.05) is 0 Å². The number of rotatable bonds is 7. The number of halogens is 2. The van der Waals surface area contributed by atoms with Crippen molar-refractivity contribution in [1.29, 1.82) is 0 Å². The van der Waals surface area contributed by atoms with Crippen LogP contribution < -0.4 is 0 Å². The molecule has 0 saturated heterocycles. The van der Waals surface area contributed by atoms with Gasteiger partial charge in [0.05, 0.1) is 0 Å². The summed E-state index contributed by atoms with van der Waals surface area (Å²) in [6, 6.07) is 32.6. The van der Waals surface area contributed by atoms with Crippen molar-refractivity contribution >= 4 is 43.8 Å². The van der Waals surface area contributed by atoms with E-state index < -0.39 is 17.4 Å². The minimum Gasteiger partial charge on any atom is -0.147 e. The Bertz CT molecular complexity index is 1770. The summed E-state index contributed by atoms with van der Waals surface area (Å²) in [5, 5.41) is 0. The molecule has 4 aromatic carbocycles. The van der Waals surface area contributed by atoms with Crippen molar-refractivity contribution in [2.24, 2.45) is 0 Å². The van der Waals surface area contributed by atoms with E-state index in [0.717, 1.165) is 6.42 Å². The van der Waals surface area contributed by atoms with Gasteiger partial charge in [0.15, 0.2) is 0 Å². The molecule has 224 valence electrons. The van der Waals surface area contributed by atoms with Gasteiger partial charge in [-0.05, 0) is 0 Å². The molecular weight excluding hydrogens is 659 g/mol. The summed E-state index contributed by atoms with van der Waals surface area (Å²) in [4.78, 5) is 0. The van der Waals surface area contributed by atoms with E-state index in [1.807, 2.05) is 0 Å². The molecule has 0 radical (unpaired) electrons. The predicted octanol–water partition coefficient (Wildman–Crippen LogP) is 11.6. The molecule has 43 heavy (non-hydrogen) atoms. The molecule has 0 aromatic heterocycles. The number of allylic oxidation sites excluding steroid dienone is 2. The zero-order valence-electron chi connectivity index (χ0n) is 26.5. The van der Waals surface area contributed by atoms with Crippen molar-refractivity contribution in [1.82, 2.24) is 0 Å². The van der Waals surface area contributed by atoms with Crippen molar-refractivity contribution in [2.75, 3.05) is 0 Å². The quantitative estimate of drug-likeness (QED) is 0.168. The maximum Gasteiger partial charge on any atom is -0.147 e. The largest absolute Gasteiger partial charge is 0.147 e. The van der Waals surface area contributed by atoms with Crippen LogP contribution in [-0.2, 0) is 17.4 Å². The molecule has 0 saturated carbocycles. The molecule has 6 rings (SSSR count). The third-order valence-corrected chi connectivity index (χ3v) is 41.8. The summed E-state index contributed by atoms with van der Waals surface area (Å²) >= 11 is -3.66. The Labute approximate surface area is 274 Å². The van der Waals surface area contributed by atoms with Crippen LogP contribution in [0.25, 0.3) is 34.4 Å². The van der Waals surface area contributed by atoms with Crippen LogP contribution in [0.3, 0.4) is 0 Å². The smallest absolute Gasteiger partial charge is 0.147 e. The Morgan fingerprint density at radius 1 is 0.581 bits per heavy atom. The second-order valence-electron chi connectivity index (χ2n) is 13.0. The summed E-state index contributed by atoms with van der Waals surface area (Å²) in [6.45, 7) is 16.8. The molecule has 0 spiro atoms. The first-order chi connectivity index (χ1) is 19.7. The number of fused-ring (bicyclic) bond motifs is 2. The van der Waals surface area contributed by atoms with E-state index >= 15 is 0 Å². The Kier molecular flexibility index (Phi) is 10.1. The van der Waals surface area contributed by atoms with Crippen molar-refractivity contribution in [3.8, 4) is 22.3 Å². The van der Waals surface area contributed by atoms with Gasteiger partial charge in [-0.3, -0.25) is 0 Å². The van der Waals surface area contributed by atoms with Crippen LogP contribution in [0.1, 0.15) is 74.7 Å². The fraction of sp³-hybridized carbons (Fsp3) is 0.282. The second-order valence-corrected chi connectivity index (χ2v) is 40.6. The summed E-state index contributed by atoms with van der Waals surface area (Å²) in [7, 11) is 0. The van der Waals surface area contributed by atoms with E-state index in [2.05, 4.69) is 146 Å². The number of hydrogen-bond acceptors (Lipinski definition) is 0. The third kappa shape index (κ3) is 5.35. The molecule has 0 nitrogen and oxygen atoms in total. The standard InChI is InChI=1S/C18H17.C17H15.2C2H5.2ClH.H2Si.Zr/c1-3-14-11-16-5-4-6-17(18(16)12-14)15-9-7-13(2)8-10-15;1-12-6-8-14(9-7-12)16-5-3-4-15-10-13(2)11-17(15)16;2*1-2;;;;/h4-12H,3H2,1-2H3;3-11H,1-2H3;2*1H2,2H3;2*1H;1H2;. The minimum atomic E-state index is -3.66. The monoisotopic (exact) mass is 702 g/mol. The van der Waals surface area contributed by atoms with Crippen LogP contribution in [0.2, 0.25) is 8.26 Å². The van der Waals surface area contributed by atoms with Gasteiger partial charge < -0.3 is 0 Å². The molecule has 0 heterocycles. The van der Waals surface area contributed by atoms with Gasteiger partial charge in [-0.25, -0.2) is 0 Å². The van der Waals surface area contributed by atoms with Crippen LogP contribution >= 0.6 is 24.8 Å². The molecule has 0 amide bonds. The van der Waals surface area contributed by atoms with Crippen molar-refractivity contribution in [2.45, 2.75) is 63.5 Å². The van der Waals surface area contributed by atoms with E-state index in [0.29, 0.717) is 7.25 Å². The zero-order chi connectivity index (χ0) is 29.0. The SMILES string of the molecule is CCC1=Cc2c(-c3ccc(C)cc3)cccc2[CH]1[Zr](=[SiH2])([CH2]C)([CH2]C)[CH]1C(C)=Cc2c(-c3ccc(C)cc3)cccc21.Cl.Cl. The topological polar surface area (TPSA) is 0 Å². The van der Waals surface area contributed by atoms with Gasteiger partial charge in [-0.15, -0.1) is 24.8 Å². The maximum absolute atomic E-state index is 3.66. The first-order valence-electron chi connectivity index (χ1n) is 15.6. The van der Waals surface area contributed by atoms with Gasteiger partial charge >= 0.3 is 252 Å². The first kappa shape index (κ1) is 33.9. The van der Waals surface area contributed by atoms with Crippen LogP contribution in [0.5, 0.6) is 0 Å².